The summed E-state index contributed by atoms with van der Waals surface area (Å²) in [6.45, 7) is 6.32. The fourth-order valence-corrected chi connectivity index (χ4v) is 5.18. The SMILES string of the molecule is [2H]NCCOCCC(=O)N1CCC[C@@H]1C(=O)N1CCC[C@@H]1C(=O)N1CCC[C@@H]1C(=O)C(C)C. The number of likely N-dealkylation sites (tertiary alicyclic amines) is 3. The third-order valence-electron chi connectivity index (χ3n) is 6.82. The monoisotopic (exact) mass is 451 g/mol. The van der Waals surface area contributed by atoms with Crippen molar-refractivity contribution in [1.29, 1.82) is 0 Å². The second kappa shape index (κ2) is 11.2. The van der Waals surface area contributed by atoms with Gasteiger partial charge in [-0.3, -0.25) is 19.2 Å². The third kappa shape index (κ3) is 5.31. The summed E-state index contributed by atoms with van der Waals surface area (Å²) >= 11 is 0. The van der Waals surface area contributed by atoms with Crippen LogP contribution in [0.2, 0.25) is 1.41 Å². The van der Waals surface area contributed by atoms with E-state index < -0.39 is 12.1 Å². The largest absolute Gasteiger partial charge is 0.380 e. The average Bonchev–Trinajstić information content (AvgIpc) is 3.57. The molecule has 3 aliphatic heterocycles. The highest BCUT2D eigenvalue weighted by Gasteiger charge is 2.45. The molecule has 0 aromatic rings. The highest BCUT2D eigenvalue weighted by molar-refractivity contribution is 5.96. The van der Waals surface area contributed by atoms with E-state index in [2.05, 4.69) is 5.73 Å². The van der Waals surface area contributed by atoms with Gasteiger partial charge in [0.25, 0.3) is 0 Å². The Balaban J connectivity index is 1.62. The minimum Gasteiger partial charge on any atom is -0.380 e. The molecule has 3 fully saturated rings. The van der Waals surface area contributed by atoms with E-state index in [-0.39, 0.29) is 48.5 Å². The number of nitrogens with zero attached hydrogens (tertiary/aromatic N) is 3. The molecular formula is C23H38N4O5. The number of amides is 3. The van der Waals surface area contributed by atoms with Gasteiger partial charge in [-0.25, -0.2) is 0 Å². The molecule has 0 aromatic carbocycles. The van der Waals surface area contributed by atoms with Gasteiger partial charge in [0, 0.05) is 32.1 Å². The lowest BCUT2D eigenvalue weighted by atomic mass is 9.99. The molecule has 0 aliphatic carbocycles. The van der Waals surface area contributed by atoms with Gasteiger partial charge < -0.3 is 25.2 Å². The first-order chi connectivity index (χ1) is 15.9. The summed E-state index contributed by atoms with van der Waals surface area (Å²) < 4.78 is 12.2. The Morgan fingerprint density at radius 3 is 2.00 bits per heavy atom. The number of rotatable bonds is 10. The quantitative estimate of drug-likeness (QED) is 0.485. The second-order valence-electron chi connectivity index (χ2n) is 9.29. The smallest absolute Gasteiger partial charge is 0.246 e. The Morgan fingerprint density at radius 2 is 1.41 bits per heavy atom. The maximum absolute atomic E-state index is 13.5. The molecule has 0 saturated carbocycles. The van der Waals surface area contributed by atoms with Crippen LogP contribution < -0.4 is 5.73 Å². The van der Waals surface area contributed by atoms with Crippen molar-refractivity contribution in [1.82, 2.24) is 14.7 Å². The minimum absolute atomic E-state index is 0.0880. The predicted molar refractivity (Wildman–Crippen MR) is 119 cm³/mol. The van der Waals surface area contributed by atoms with Crippen LogP contribution in [0.1, 0.15) is 58.8 Å². The fraction of sp³-hybridized carbons (Fsp3) is 0.826. The van der Waals surface area contributed by atoms with Crippen LogP contribution in [-0.2, 0) is 23.9 Å². The normalized spacial score (nSPS) is 26.2. The molecular weight excluding hydrogens is 412 g/mol. The summed E-state index contributed by atoms with van der Waals surface area (Å²) in [6, 6.07) is -1.46. The van der Waals surface area contributed by atoms with Gasteiger partial charge in [-0.05, 0) is 38.5 Å². The summed E-state index contributed by atoms with van der Waals surface area (Å²) in [5, 5.41) is 0. The van der Waals surface area contributed by atoms with Crippen molar-refractivity contribution in [3.05, 3.63) is 0 Å². The molecule has 0 radical (unpaired) electrons. The summed E-state index contributed by atoms with van der Waals surface area (Å²) in [4.78, 5) is 57.2. The summed E-state index contributed by atoms with van der Waals surface area (Å²) in [5.74, 6) is -0.430. The zero-order valence-corrected chi connectivity index (χ0v) is 19.4. The molecule has 3 amide bonds. The molecule has 2 N–H and O–H groups in total. The van der Waals surface area contributed by atoms with Gasteiger partial charge in [0.2, 0.25) is 17.7 Å². The van der Waals surface area contributed by atoms with E-state index in [0.717, 1.165) is 19.3 Å². The number of carbonyl (C=O) groups is 4. The topological polar surface area (TPSA) is 113 Å². The van der Waals surface area contributed by atoms with Gasteiger partial charge in [0.15, 0.2) is 5.78 Å². The van der Waals surface area contributed by atoms with Crippen molar-refractivity contribution < 1.29 is 25.3 Å². The van der Waals surface area contributed by atoms with Crippen LogP contribution in [0.4, 0.5) is 0 Å². The molecule has 0 unspecified atom stereocenters. The Labute approximate surface area is 192 Å². The number of hydrogen-bond donors (Lipinski definition) is 1. The first-order valence-corrected chi connectivity index (χ1v) is 12.0. The summed E-state index contributed by atoms with van der Waals surface area (Å²) in [7, 11) is 0. The number of ether oxygens (including phenoxy) is 1. The first kappa shape index (κ1) is 23.2. The molecule has 3 saturated heterocycles. The van der Waals surface area contributed by atoms with E-state index in [1.165, 1.54) is 0 Å². The van der Waals surface area contributed by atoms with Crippen LogP contribution in [0, 0.1) is 5.92 Å². The number of carbonyl (C=O) groups excluding carboxylic acids is 4. The molecule has 9 heteroatoms. The zero-order chi connectivity index (χ0) is 24.0. The second-order valence-corrected chi connectivity index (χ2v) is 9.29. The molecule has 3 rings (SSSR count). The van der Waals surface area contributed by atoms with E-state index in [4.69, 9.17) is 6.15 Å². The van der Waals surface area contributed by atoms with E-state index in [0.29, 0.717) is 52.0 Å². The molecule has 9 nitrogen and oxygen atoms in total. The Bertz CT molecular complexity index is 734. The number of ketones is 1. The van der Waals surface area contributed by atoms with Crippen molar-refractivity contribution in [2.75, 3.05) is 39.4 Å². The Hall–Kier alpha value is -2.00. The predicted octanol–water partition coefficient (Wildman–Crippen LogP) is 0.550. The van der Waals surface area contributed by atoms with E-state index in [1.54, 1.807) is 14.7 Å². The zero-order valence-electron chi connectivity index (χ0n) is 20.4. The maximum Gasteiger partial charge on any atom is 0.246 e. The maximum atomic E-state index is 13.5. The Morgan fingerprint density at radius 1 is 0.875 bits per heavy atom. The van der Waals surface area contributed by atoms with Gasteiger partial charge in [-0.15, -0.1) is 0 Å². The average molecular weight is 452 g/mol. The number of nitrogens with two attached hydrogens (primary N) is 1. The van der Waals surface area contributed by atoms with Crippen molar-refractivity contribution in [2.45, 2.75) is 76.9 Å². The Kier molecular flexibility index (Phi) is 8.13. The van der Waals surface area contributed by atoms with Crippen LogP contribution in [-0.4, -0.2) is 95.7 Å². The molecule has 3 atom stereocenters. The lowest BCUT2D eigenvalue weighted by Crippen LogP contribution is -2.55. The van der Waals surface area contributed by atoms with Crippen molar-refractivity contribution in [2.24, 2.45) is 11.6 Å². The van der Waals surface area contributed by atoms with Crippen LogP contribution in [0.5, 0.6) is 0 Å². The van der Waals surface area contributed by atoms with E-state index in [1.807, 2.05) is 13.8 Å². The minimum atomic E-state index is -0.545. The van der Waals surface area contributed by atoms with Crippen LogP contribution in [0.3, 0.4) is 0 Å². The van der Waals surface area contributed by atoms with Gasteiger partial charge in [-0.2, -0.15) is 0 Å². The van der Waals surface area contributed by atoms with E-state index in [9.17, 15) is 19.2 Å². The molecule has 3 heterocycles. The first-order valence-electron chi connectivity index (χ1n) is 12.5. The van der Waals surface area contributed by atoms with Crippen LogP contribution in [0.25, 0.3) is 0 Å². The fourth-order valence-electron chi connectivity index (χ4n) is 5.18. The molecule has 0 aromatic heterocycles. The van der Waals surface area contributed by atoms with Crippen molar-refractivity contribution in [3.63, 3.8) is 0 Å². The van der Waals surface area contributed by atoms with E-state index >= 15 is 0 Å². The van der Waals surface area contributed by atoms with Crippen molar-refractivity contribution >= 4 is 23.5 Å². The van der Waals surface area contributed by atoms with Gasteiger partial charge in [0.05, 0.1) is 25.7 Å². The summed E-state index contributed by atoms with van der Waals surface area (Å²) in [5.41, 5.74) is 2.24. The third-order valence-corrected chi connectivity index (χ3v) is 6.82. The van der Waals surface area contributed by atoms with Gasteiger partial charge in [0.1, 0.15) is 13.5 Å². The van der Waals surface area contributed by atoms with Gasteiger partial charge >= 0.3 is 0 Å². The van der Waals surface area contributed by atoms with Gasteiger partial charge in [-0.1, -0.05) is 13.8 Å². The molecule has 3 aliphatic rings. The lowest BCUT2D eigenvalue weighted by molar-refractivity contribution is -0.150. The standard InChI is InChI=1S/C23H38N4O5/c1-16(2)21(29)17-6-3-12-26(17)23(31)19-8-5-13-27(19)22(30)18-7-4-11-25(18)20(28)9-14-32-15-10-24/h16-19H,3-15,24H2,1-2H3/t17-,18-,19-/m1/s1/i/hD. The summed E-state index contributed by atoms with van der Waals surface area (Å²) in [6.07, 6.45) is 4.39. The van der Waals surface area contributed by atoms with Crippen LogP contribution >= 0.6 is 0 Å². The number of hydrogen-bond acceptors (Lipinski definition) is 6. The molecule has 32 heavy (non-hydrogen) atoms. The highest BCUT2D eigenvalue weighted by Crippen LogP contribution is 2.29. The van der Waals surface area contributed by atoms with Crippen LogP contribution in [0.15, 0.2) is 0 Å². The molecule has 0 bridgehead atoms. The molecule has 0 spiro atoms. The highest BCUT2D eigenvalue weighted by atomic mass is 16.5. The van der Waals surface area contributed by atoms with Crippen molar-refractivity contribution in [3.8, 4) is 0 Å². The molecule has 180 valence electrons. The lowest BCUT2D eigenvalue weighted by Gasteiger charge is -2.34. The number of Topliss-reactive ketones (excluding diaryl/α,β-unsaturated/α-hetero) is 1.